The minimum absolute atomic E-state index is 0. The topological polar surface area (TPSA) is 40.5 Å². The molecule has 0 aromatic heterocycles. The van der Waals surface area contributed by atoms with Gasteiger partial charge in [-0.3, -0.25) is 0 Å². The molecule has 2 N–H and O–H groups in total. The van der Waals surface area contributed by atoms with Crippen LogP contribution in [0.15, 0.2) is 60.7 Å². The van der Waals surface area contributed by atoms with Gasteiger partial charge in [0, 0.05) is 20.4 Å². The molecule has 0 aliphatic rings. The van der Waals surface area contributed by atoms with Crippen molar-refractivity contribution >= 4 is 0 Å². The molecule has 0 spiro atoms. The normalized spacial score (nSPS) is 8.00. The summed E-state index contributed by atoms with van der Waals surface area (Å²) in [7, 11) is 0. The Balaban J connectivity index is 0.000000245. The third-order valence-corrected chi connectivity index (χ3v) is 1.51. The average Bonchev–Trinajstić information content (AvgIpc) is 2.21. The van der Waals surface area contributed by atoms with E-state index in [2.05, 4.69) is 0 Å². The number of rotatable bonds is 0. The quantitative estimate of drug-likeness (QED) is 0.734. The van der Waals surface area contributed by atoms with Crippen molar-refractivity contribution in [3.8, 4) is 11.5 Å². The first-order chi connectivity index (χ1) is 6.79. The molecule has 82 valence electrons. The van der Waals surface area contributed by atoms with Crippen molar-refractivity contribution in [2.24, 2.45) is 0 Å². The molecule has 0 heterocycles. The van der Waals surface area contributed by atoms with Gasteiger partial charge < -0.3 is 10.2 Å². The Bertz CT molecular complexity index is 311. The number of benzene rings is 2. The molecule has 0 amide bonds. The Hall–Kier alpha value is -1.30. The second-order valence-corrected chi connectivity index (χ2v) is 2.67. The Kier molecular flexibility index (Phi) is 7.35. The van der Waals surface area contributed by atoms with E-state index in [9.17, 15) is 0 Å². The van der Waals surface area contributed by atoms with Gasteiger partial charge in [0.25, 0.3) is 0 Å². The summed E-state index contributed by atoms with van der Waals surface area (Å²) >= 11 is 0. The fourth-order valence-electron chi connectivity index (χ4n) is 0.856. The van der Waals surface area contributed by atoms with Gasteiger partial charge in [-0.25, -0.2) is 0 Å². The third kappa shape index (κ3) is 6.73. The molecule has 0 aliphatic heterocycles. The van der Waals surface area contributed by atoms with E-state index >= 15 is 0 Å². The van der Waals surface area contributed by atoms with Gasteiger partial charge in [0.1, 0.15) is 11.5 Å². The van der Waals surface area contributed by atoms with Crippen LogP contribution in [0.2, 0.25) is 0 Å². The number of hydrogen-bond donors (Lipinski definition) is 2. The van der Waals surface area contributed by atoms with Crippen LogP contribution in [0.3, 0.4) is 0 Å². The summed E-state index contributed by atoms with van der Waals surface area (Å²) in [4.78, 5) is 0. The van der Waals surface area contributed by atoms with Gasteiger partial charge in [-0.2, -0.15) is 0 Å². The summed E-state index contributed by atoms with van der Waals surface area (Å²) in [6, 6.07) is 17.4. The fourth-order valence-corrected chi connectivity index (χ4v) is 0.856. The summed E-state index contributed by atoms with van der Waals surface area (Å²) in [5.74, 6) is 0.644. The van der Waals surface area contributed by atoms with Crippen LogP contribution in [-0.4, -0.2) is 10.2 Å². The molecule has 0 aliphatic carbocycles. The molecule has 15 heavy (non-hydrogen) atoms. The van der Waals surface area contributed by atoms with Crippen LogP contribution >= 0.6 is 0 Å². The Labute approximate surface area is 103 Å². The van der Waals surface area contributed by atoms with Gasteiger partial charge in [-0.05, 0) is 24.3 Å². The van der Waals surface area contributed by atoms with E-state index in [1.54, 1.807) is 48.5 Å². The molecule has 0 fully saturated rings. The van der Waals surface area contributed by atoms with Gasteiger partial charge in [-0.1, -0.05) is 36.4 Å². The maximum atomic E-state index is 8.63. The first-order valence-corrected chi connectivity index (χ1v) is 4.27. The first kappa shape index (κ1) is 13.7. The molecule has 0 radical (unpaired) electrons. The van der Waals surface area contributed by atoms with E-state index in [1.807, 2.05) is 12.1 Å². The van der Waals surface area contributed by atoms with Crippen LogP contribution in [0.1, 0.15) is 0 Å². The van der Waals surface area contributed by atoms with E-state index < -0.39 is 0 Å². The van der Waals surface area contributed by atoms with Crippen molar-refractivity contribution in [3.63, 3.8) is 0 Å². The third-order valence-electron chi connectivity index (χ3n) is 1.51. The maximum Gasteiger partial charge on any atom is 0.115 e. The Morgan fingerprint density at radius 3 is 0.933 bits per heavy atom. The molecule has 2 aromatic carbocycles. The first-order valence-electron chi connectivity index (χ1n) is 4.27. The molecular formula is C12H12O2Pd. The van der Waals surface area contributed by atoms with E-state index in [-0.39, 0.29) is 20.4 Å². The molecule has 2 aromatic rings. The van der Waals surface area contributed by atoms with Gasteiger partial charge in [-0.15, -0.1) is 0 Å². The van der Waals surface area contributed by atoms with Gasteiger partial charge in [0.15, 0.2) is 0 Å². The number of hydrogen-bond acceptors (Lipinski definition) is 2. The number of phenolic OH excluding ortho intramolecular Hbond substituents is 2. The zero-order valence-corrected chi connectivity index (χ0v) is 9.54. The molecule has 0 unspecified atom stereocenters. The van der Waals surface area contributed by atoms with Crippen LogP contribution in [0.25, 0.3) is 0 Å². The van der Waals surface area contributed by atoms with Crippen molar-refractivity contribution in [2.45, 2.75) is 0 Å². The molecule has 0 bridgehead atoms. The van der Waals surface area contributed by atoms with Crippen molar-refractivity contribution < 1.29 is 30.6 Å². The number of para-hydroxylation sites is 2. The standard InChI is InChI=1S/2C6H6O.Pd/c2*7-6-4-2-1-3-5-6;/h2*1-5,7H;. The molecule has 0 atom stereocenters. The SMILES string of the molecule is Oc1ccccc1.Oc1ccccc1.[Pd]. The Morgan fingerprint density at radius 2 is 0.800 bits per heavy atom. The monoisotopic (exact) mass is 294 g/mol. The van der Waals surface area contributed by atoms with Crippen LogP contribution in [0.4, 0.5) is 0 Å². The minimum atomic E-state index is 0. The van der Waals surface area contributed by atoms with E-state index in [1.165, 1.54) is 0 Å². The average molecular weight is 295 g/mol. The smallest absolute Gasteiger partial charge is 0.115 e. The molecule has 3 heteroatoms. The summed E-state index contributed by atoms with van der Waals surface area (Å²) in [6.45, 7) is 0. The predicted molar refractivity (Wildman–Crippen MR) is 56.2 cm³/mol. The second kappa shape index (κ2) is 8.05. The molecule has 2 nitrogen and oxygen atoms in total. The zero-order chi connectivity index (χ0) is 10.2. The van der Waals surface area contributed by atoms with Gasteiger partial charge in [0.2, 0.25) is 0 Å². The van der Waals surface area contributed by atoms with E-state index in [0.29, 0.717) is 11.5 Å². The van der Waals surface area contributed by atoms with Crippen LogP contribution in [-0.2, 0) is 20.4 Å². The Morgan fingerprint density at radius 1 is 0.533 bits per heavy atom. The fraction of sp³-hybridized carbons (Fsp3) is 0. The van der Waals surface area contributed by atoms with Crippen molar-refractivity contribution in [1.29, 1.82) is 0 Å². The van der Waals surface area contributed by atoms with Crippen molar-refractivity contribution in [3.05, 3.63) is 60.7 Å². The van der Waals surface area contributed by atoms with E-state index in [0.717, 1.165) is 0 Å². The minimum Gasteiger partial charge on any atom is -0.508 e. The van der Waals surface area contributed by atoms with Crippen molar-refractivity contribution in [1.82, 2.24) is 0 Å². The van der Waals surface area contributed by atoms with Gasteiger partial charge >= 0.3 is 0 Å². The summed E-state index contributed by atoms with van der Waals surface area (Å²) in [6.07, 6.45) is 0. The number of phenols is 2. The summed E-state index contributed by atoms with van der Waals surface area (Å²) < 4.78 is 0. The van der Waals surface area contributed by atoms with Crippen LogP contribution in [0.5, 0.6) is 11.5 Å². The molecule has 2 rings (SSSR count). The zero-order valence-electron chi connectivity index (χ0n) is 7.98. The predicted octanol–water partition coefficient (Wildman–Crippen LogP) is 2.78. The summed E-state index contributed by atoms with van der Waals surface area (Å²) in [5, 5.41) is 17.3. The van der Waals surface area contributed by atoms with Crippen LogP contribution in [0, 0.1) is 0 Å². The van der Waals surface area contributed by atoms with Crippen molar-refractivity contribution in [2.75, 3.05) is 0 Å². The maximum absolute atomic E-state index is 8.63. The van der Waals surface area contributed by atoms with E-state index in [4.69, 9.17) is 10.2 Å². The van der Waals surface area contributed by atoms with Crippen LogP contribution < -0.4 is 0 Å². The second-order valence-electron chi connectivity index (χ2n) is 2.67. The molecule has 0 saturated carbocycles. The number of aromatic hydroxyl groups is 2. The summed E-state index contributed by atoms with van der Waals surface area (Å²) in [5.41, 5.74) is 0. The van der Waals surface area contributed by atoms with Gasteiger partial charge in [0.05, 0.1) is 0 Å². The largest absolute Gasteiger partial charge is 0.508 e. The molecular weight excluding hydrogens is 283 g/mol. The molecule has 0 saturated heterocycles.